The third-order valence-corrected chi connectivity index (χ3v) is 6.53. The topological polar surface area (TPSA) is 37.4 Å². The predicted octanol–water partition coefficient (Wildman–Crippen LogP) is 4.14. The molecule has 1 unspecified atom stereocenters. The van der Waals surface area contributed by atoms with Crippen LogP contribution in [0.4, 0.5) is 8.78 Å². The molecule has 3 nitrogen and oxygen atoms in total. The first-order valence-electron chi connectivity index (χ1n) is 8.02. The Morgan fingerprint density at radius 3 is 2.40 bits per heavy atom. The van der Waals surface area contributed by atoms with Gasteiger partial charge in [0.05, 0.1) is 11.3 Å². The van der Waals surface area contributed by atoms with Crippen molar-refractivity contribution in [3.8, 4) is 0 Å². The van der Waals surface area contributed by atoms with Crippen molar-refractivity contribution in [1.82, 2.24) is 4.31 Å². The molecule has 0 aromatic heterocycles. The van der Waals surface area contributed by atoms with Gasteiger partial charge in [0, 0.05) is 12.1 Å². The van der Waals surface area contributed by atoms with Gasteiger partial charge < -0.3 is 0 Å². The van der Waals surface area contributed by atoms with E-state index in [9.17, 15) is 17.2 Å². The molecule has 1 atom stereocenters. The molecule has 0 saturated heterocycles. The summed E-state index contributed by atoms with van der Waals surface area (Å²) in [5.74, 6) is -1.12. The van der Waals surface area contributed by atoms with Crippen LogP contribution >= 0.6 is 0 Å². The normalized spacial score (nSPS) is 18.6. The fourth-order valence-corrected chi connectivity index (χ4v) is 4.30. The molecule has 132 valence electrons. The smallest absolute Gasteiger partial charge is 0.212 e. The molecule has 0 radical (unpaired) electrons. The van der Waals surface area contributed by atoms with Gasteiger partial charge in [0.2, 0.25) is 10.0 Å². The molecule has 0 spiro atoms. The van der Waals surface area contributed by atoms with E-state index >= 15 is 0 Å². The molecule has 2 aromatic carbocycles. The van der Waals surface area contributed by atoms with Crippen LogP contribution in [0.25, 0.3) is 5.57 Å². The number of hydrogen-bond acceptors (Lipinski definition) is 2. The summed E-state index contributed by atoms with van der Waals surface area (Å²) in [5, 5.41) is -0.608. The van der Waals surface area contributed by atoms with Crippen molar-refractivity contribution in [2.24, 2.45) is 0 Å². The average molecular weight is 363 g/mol. The lowest BCUT2D eigenvalue weighted by atomic mass is 10.0. The maximum absolute atomic E-state index is 14.2. The van der Waals surface area contributed by atoms with Crippen molar-refractivity contribution in [2.75, 3.05) is 6.54 Å². The maximum Gasteiger partial charge on any atom is 0.217 e. The quantitative estimate of drug-likeness (QED) is 0.819. The fourth-order valence-electron chi connectivity index (χ4n) is 2.94. The van der Waals surface area contributed by atoms with Gasteiger partial charge >= 0.3 is 0 Å². The number of sulfonamides is 1. The third-order valence-electron chi connectivity index (χ3n) is 4.33. The van der Waals surface area contributed by atoms with Gasteiger partial charge in [-0.1, -0.05) is 36.4 Å². The summed E-state index contributed by atoms with van der Waals surface area (Å²) in [6.45, 7) is 3.23. The first kappa shape index (κ1) is 17.8. The Bertz CT molecular complexity index is 908. The van der Waals surface area contributed by atoms with Gasteiger partial charge in [-0.2, -0.15) is 4.31 Å². The zero-order valence-electron chi connectivity index (χ0n) is 14.0. The molecule has 0 bridgehead atoms. The van der Waals surface area contributed by atoms with Crippen molar-refractivity contribution in [3.05, 3.63) is 77.4 Å². The summed E-state index contributed by atoms with van der Waals surface area (Å²) < 4.78 is 54.6. The van der Waals surface area contributed by atoms with E-state index < -0.39 is 32.9 Å². The monoisotopic (exact) mass is 363 g/mol. The Morgan fingerprint density at radius 2 is 1.76 bits per heavy atom. The molecule has 2 aromatic rings. The van der Waals surface area contributed by atoms with Crippen LogP contribution in [-0.4, -0.2) is 24.5 Å². The lowest BCUT2D eigenvalue weighted by molar-refractivity contribution is 0.414. The standard InChI is InChI=1S/C19H19F2NO2S/c1-13(2)25(23,24)22-12-15(17-11-16(20)8-9-18(17)21)10-19(22)14-6-4-3-5-7-14/h3-11,13,19H,12H2,1-2H3. The third kappa shape index (κ3) is 3.37. The number of nitrogens with zero attached hydrogens (tertiary/aromatic N) is 1. The highest BCUT2D eigenvalue weighted by Gasteiger charge is 2.37. The number of hydrogen-bond donors (Lipinski definition) is 0. The first-order chi connectivity index (χ1) is 11.8. The summed E-state index contributed by atoms with van der Waals surface area (Å²) in [7, 11) is -3.57. The lowest BCUT2D eigenvalue weighted by Gasteiger charge is -2.26. The average Bonchev–Trinajstić information content (AvgIpc) is 3.03. The highest BCUT2D eigenvalue weighted by molar-refractivity contribution is 7.89. The van der Waals surface area contributed by atoms with Crippen LogP contribution < -0.4 is 0 Å². The minimum atomic E-state index is -3.57. The second-order valence-electron chi connectivity index (χ2n) is 6.31. The van der Waals surface area contributed by atoms with Crippen molar-refractivity contribution in [2.45, 2.75) is 25.1 Å². The minimum absolute atomic E-state index is 0.0143. The van der Waals surface area contributed by atoms with Crippen LogP contribution in [0.3, 0.4) is 0 Å². The predicted molar refractivity (Wildman–Crippen MR) is 94.3 cm³/mol. The summed E-state index contributed by atoms with van der Waals surface area (Å²) in [6.07, 6.45) is 1.70. The summed E-state index contributed by atoms with van der Waals surface area (Å²) in [5.41, 5.74) is 1.36. The molecule has 1 aliphatic rings. The number of rotatable bonds is 4. The molecular weight excluding hydrogens is 344 g/mol. The van der Waals surface area contributed by atoms with E-state index in [0.29, 0.717) is 5.57 Å². The molecular formula is C19H19F2NO2S. The Balaban J connectivity index is 2.10. The van der Waals surface area contributed by atoms with Crippen molar-refractivity contribution >= 4 is 15.6 Å². The summed E-state index contributed by atoms with van der Waals surface area (Å²) in [6, 6.07) is 11.8. The van der Waals surface area contributed by atoms with Crippen molar-refractivity contribution < 1.29 is 17.2 Å². The minimum Gasteiger partial charge on any atom is -0.212 e. The summed E-state index contributed by atoms with van der Waals surface area (Å²) in [4.78, 5) is 0. The van der Waals surface area contributed by atoms with Crippen LogP contribution in [0.15, 0.2) is 54.6 Å². The van der Waals surface area contributed by atoms with E-state index in [4.69, 9.17) is 0 Å². The molecule has 25 heavy (non-hydrogen) atoms. The largest absolute Gasteiger partial charge is 0.217 e. The molecule has 1 aliphatic heterocycles. The summed E-state index contributed by atoms with van der Waals surface area (Å²) >= 11 is 0. The number of halogens is 2. The maximum atomic E-state index is 14.2. The van der Waals surface area contributed by atoms with Gasteiger partial charge in [0.25, 0.3) is 0 Å². The SMILES string of the molecule is CC(C)S(=O)(=O)N1CC(c2cc(F)ccc2F)=CC1c1ccccc1. The number of benzene rings is 2. The molecule has 0 saturated carbocycles. The van der Waals surface area contributed by atoms with E-state index in [1.807, 2.05) is 30.3 Å². The zero-order valence-corrected chi connectivity index (χ0v) is 14.8. The molecule has 1 heterocycles. The molecule has 0 aliphatic carbocycles. The van der Waals surface area contributed by atoms with Crippen LogP contribution in [0, 0.1) is 11.6 Å². The zero-order chi connectivity index (χ0) is 18.2. The van der Waals surface area contributed by atoms with Gasteiger partial charge in [-0.15, -0.1) is 0 Å². The van der Waals surface area contributed by atoms with Crippen LogP contribution in [0.5, 0.6) is 0 Å². The van der Waals surface area contributed by atoms with Gasteiger partial charge in [-0.3, -0.25) is 0 Å². The highest BCUT2D eigenvalue weighted by Crippen LogP contribution is 2.38. The van der Waals surface area contributed by atoms with Crippen LogP contribution in [0.2, 0.25) is 0 Å². The van der Waals surface area contributed by atoms with Gasteiger partial charge in [0.1, 0.15) is 11.6 Å². The molecule has 0 N–H and O–H groups in total. The van der Waals surface area contributed by atoms with Crippen molar-refractivity contribution in [3.63, 3.8) is 0 Å². The molecule has 0 fully saturated rings. The van der Waals surface area contributed by atoms with Crippen LogP contribution in [-0.2, 0) is 10.0 Å². The Hall–Kier alpha value is -2.05. The van der Waals surface area contributed by atoms with Crippen LogP contribution in [0.1, 0.15) is 31.0 Å². The first-order valence-corrected chi connectivity index (χ1v) is 9.52. The Kier molecular flexibility index (Phi) is 4.75. The lowest BCUT2D eigenvalue weighted by Crippen LogP contribution is -2.36. The van der Waals surface area contributed by atoms with Crippen molar-refractivity contribution in [1.29, 1.82) is 0 Å². The molecule has 3 rings (SSSR count). The van der Waals surface area contributed by atoms with E-state index in [-0.39, 0.29) is 12.1 Å². The van der Waals surface area contributed by atoms with Gasteiger partial charge in [-0.05, 0) is 43.2 Å². The van der Waals surface area contributed by atoms with E-state index in [0.717, 1.165) is 23.8 Å². The Morgan fingerprint density at radius 1 is 1.08 bits per heavy atom. The second-order valence-corrected chi connectivity index (χ2v) is 8.75. The van der Waals surface area contributed by atoms with Gasteiger partial charge in [-0.25, -0.2) is 17.2 Å². The van der Waals surface area contributed by atoms with E-state index in [1.165, 1.54) is 4.31 Å². The van der Waals surface area contributed by atoms with E-state index in [1.54, 1.807) is 19.9 Å². The Labute approximate surface area is 146 Å². The van der Waals surface area contributed by atoms with Gasteiger partial charge in [0.15, 0.2) is 0 Å². The highest BCUT2D eigenvalue weighted by atomic mass is 32.2. The molecule has 0 amide bonds. The second kappa shape index (κ2) is 6.69. The van der Waals surface area contributed by atoms with E-state index in [2.05, 4.69) is 0 Å². The molecule has 6 heteroatoms. The fraction of sp³-hybridized carbons (Fsp3) is 0.263.